The van der Waals surface area contributed by atoms with Gasteiger partial charge in [-0.2, -0.15) is 5.26 Å². The third kappa shape index (κ3) is 1.62. The number of benzene rings is 1. The number of nitrogens with zero attached hydrogens (tertiary/aromatic N) is 1. The van der Waals surface area contributed by atoms with E-state index in [2.05, 4.69) is 22.0 Å². The molecule has 0 aliphatic rings. The number of phenols is 1. The second-order valence-corrected chi connectivity index (χ2v) is 4.14. The Morgan fingerprint density at radius 3 is 2.29 bits per heavy atom. The molecule has 14 heavy (non-hydrogen) atoms. The maximum absolute atomic E-state index is 9.84. The van der Waals surface area contributed by atoms with Crippen molar-refractivity contribution in [3.05, 3.63) is 26.7 Å². The third-order valence-electron chi connectivity index (χ3n) is 2.57. The third-order valence-corrected chi connectivity index (χ3v) is 3.76. The number of nitriles is 1. The van der Waals surface area contributed by atoms with Crippen LogP contribution in [0.15, 0.2) is 4.47 Å². The van der Waals surface area contributed by atoms with Crippen LogP contribution in [0.1, 0.15) is 22.3 Å². The average Bonchev–Trinajstić information content (AvgIpc) is 2.19. The first-order chi connectivity index (χ1) is 6.50. The average molecular weight is 254 g/mol. The zero-order chi connectivity index (χ0) is 10.9. The van der Waals surface area contributed by atoms with Gasteiger partial charge >= 0.3 is 0 Å². The molecule has 0 aliphatic carbocycles. The van der Waals surface area contributed by atoms with Crippen molar-refractivity contribution in [3.63, 3.8) is 0 Å². The van der Waals surface area contributed by atoms with Gasteiger partial charge in [0.25, 0.3) is 0 Å². The molecule has 0 aromatic heterocycles. The Morgan fingerprint density at radius 2 is 1.79 bits per heavy atom. The van der Waals surface area contributed by atoms with Gasteiger partial charge in [0.15, 0.2) is 0 Å². The van der Waals surface area contributed by atoms with Gasteiger partial charge in [0.1, 0.15) is 5.75 Å². The van der Waals surface area contributed by atoms with E-state index in [0.29, 0.717) is 0 Å². The van der Waals surface area contributed by atoms with Crippen molar-refractivity contribution in [2.45, 2.75) is 27.2 Å². The largest absolute Gasteiger partial charge is 0.507 e. The van der Waals surface area contributed by atoms with Crippen LogP contribution in [0.4, 0.5) is 0 Å². The molecular weight excluding hydrogens is 242 g/mol. The molecule has 0 saturated heterocycles. The molecule has 0 spiro atoms. The van der Waals surface area contributed by atoms with E-state index in [-0.39, 0.29) is 12.2 Å². The Morgan fingerprint density at radius 1 is 1.21 bits per heavy atom. The number of hydrogen-bond donors (Lipinski definition) is 1. The van der Waals surface area contributed by atoms with Crippen LogP contribution >= 0.6 is 15.9 Å². The van der Waals surface area contributed by atoms with Crippen LogP contribution in [-0.4, -0.2) is 5.11 Å². The van der Waals surface area contributed by atoms with Gasteiger partial charge in [-0.3, -0.25) is 0 Å². The van der Waals surface area contributed by atoms with E-state index in [1.165, 1.54) is 0 Å². The summed E-state index contributed by atoms with van der Waals surface area (Å²) in [5.41, 5.74) is 3.55. The van der Waals surface area contributed by atoms with Gasteiger partial charge in [0.2, 0.25) is 0 Å². The van der Waals surface area contributed by atoms with Crippen molar-refractivity contribution in [1.29, 1.82) is 5.26 Å². The summed E-state index contributed by atoms with van der Waals surface area (Å²) >= 11 is 3.46. The summed E-state index contributed by atoms with van der Waals surface area (Å²) in [6.45, 7) is 5.71. The number of rotatable bonds is 1. The molecule has 0 saturated carbocycles. The number of phenolic OH excluding ortho intramolecular Hbond substituents is 1. The van der Waals surface area contributed by atoms with Gasteiger partial charge < -0.3 is 5.11 Å². The molecule has 1 N–H and O–H groups in total. The molecule has 0 heterocycles. The van der Waals surface area contributed by atoms with Gasteiger partial charge in [-0.15, -0.1) is 0 Å². The maximum Gasteiger partial charge on any atom is 0.123 e. The van der Waals surface area contributed by atoms with Gasteiger partial charge in [-0.25, -0.2) is 0 Å². The molecule has 0 unspecified atom stereocenters. The van der Waals surface area contributed by atoms with Crippen molar-refractivity contribution in [3.8, 4) is 11.8 Å². The fraction of sp³-hybridized carbons (Fsp3) is 0.364. The first kappa shape index (κ1) is 11.1. The summed E-state index contributed by atoms with van der Waals surface area (Å²) in [5, 5.41) is 18.5. The number of halogens is 1. The van der Waals surface area contributed by atoms with Crippen LogP contribution < -0.4 is 0 Å². The highest BCUT2D eigenvalue weighted by Crippen LogP contribution is 2.35. The Hall–Kier alpha value is -1.01. The summed E-state index contributed by atoms with van der Waals surface area (Å²) in [4.78, 5) is 0. The molecule has 1 aromatic rings. The van der Waals surface area contributed by atoms with Gasteiger partial charge in [0.05, 0.1) is 12.5 Å². The smallest absolute Gasteiger partial charge is 0.123 e. The highest BCUT2D eigenvalue weighted by molar-refractivity contribution is 9.10. The van der Waals surface area contributed by atoms with Crippen molar-refractivity contribution >= 4 is 15.9 Å². The predicted octanol–water partition coefficient (Wildman–Crippen LogP) is 3.15. The minimum absolute atomic E-state index is 0.247. The molecule has 0 fully saturated rings. The SMILES string of the molecule is Cc1c(C)c(Br)c(C)c(CC#N)c1O. The van der Waals surface area contributed by atoms with E-state index in [1.807, 2.05) is 20.8 Å². The Labute approximate surface area is 92.3 Å². The fourth-order valence-electron chi connectivity index (χ4n) is 1.46. The monoisotopic (exact) mass is 253 g/mol. The minimum atomic E-state index is 0.247. The summed E-state index contributed by atoms with van der Waals surface area (Å²) in [6.07, 6.45) is 0.247. The van der Waals surface area contributed by atoms with Crippen LogP contribution in [0.5, 0.6) is 5.75 Å². The van der Waals surface area contributed by atoms with Gasteiger partial charge in [-0.05, 0) is 37.5 Å². The predicted molar refractivity (Wildman–Crippen MR) is 59.3 cm³/mol. The minimum Gasteiger partial charge on any atom is -0.507 e. The van der Waals surface area contributed by atoms with Crippen LogP contribution in [-0.2, 0) is 6.42 Å². The highest BCUT2D eigenvalue weighted by Gasteiger charge is 2.14. The van der Waals surface area contributed by atoms with Crippen molar-refractivity contribution < 1.29 is 5.11 Å². The first-order valence-corrected chi connectivity index (χ1v) is 5.14. The van der Waals surface area contributed by atoms with Crippen molar-refractivity contribution in [1.82, 2.24) is 0 Å². The molecule has 3 heteroatoms. The van der Waals surface area contributed by atoms with E-state index in [9.17, 15) is 5.11 Å². The molecule has 0 bridgehead atoms. The second kappa shape index (κ2) is 4.02. The molecule has 74 valence electrons. The molecule has 2 nitrogen and oxygen atoms in total. The van der Waals surface area contributed by atoms with Crippen LogP contribution in [0.2, 0.25) is 0 Å². The molecule has 1 aromatic carbocycles. The molecule has 0 amide bonds. The number of hydrogen-bond acceptors (Lipinski definition) is 2. The zero-order valence-electron chi connectivity index (χ0n) is 8.48. The van der Waals surface area contributed by atoms with E-state index in [4.69, 9.17) is 5.26 Å². The van der Waals surface area contributed by atoms with E-state index in [0.717, 1.165) is 26.7 Å². The van der Waals surface area contributed by atoms with Gasteiger partial charge in [-0.1, -0.05) is 15.9 Å². The Bertz CT molecular complexity index is 389. The lowest BCUT2D eigenvalue weighted by Gasteiger charge is -2.13. The van der Waals surface area contributed by atoms with E-state index >= 15 is 0 Å². The number of aromatic hydroxyl groups is 1. The standard InChI is InChI=1S/C11H12BrNO/c1-6-7(2)11(14)9(4-5-13)8(3)10(6)12/h14H,4H2,1-3H3. The maximum atomic E-state index is 9.84. The van der Waals surface area contributed by atoms with E-state index in [1.54, 1.807) is 0 Å². The quantitative estimate of drug-likeness (QED) is 0.836. The highest BCUT2D eigenvalue weighted by atomic mass is 79.9. The lowest BCUT2D eigenvalue weighted by molar-refractivity contribution is 0.464. The Kier molecular flexibility index (Phi) is 3.17. The molecule has 0 aliphatic heterocycles. The lowest BCUT2D eigenvalue weighted by atomic mass is 9.97. The van der Waals surface area contributed by atoms with Crippen LogP contribution in [0.25, 0.3) is 0 Å². The van der Waals surface area contributed by atoms with Crippen molar-refractivity contribution in [2.24, 2.45) is 0 Å². The fourth-order valence-corrected chi connectivity index (χ4v) is 1.99. The normalized spacial score (nSPS) is 9.93. The van der Waals surface area contributed by atoms with Crippen molar-refractivity contribution in [2.75, 3.05) is 0 Å². The molecule has 0 radical (unpaired) electrons. The summed E-state index contributed by atoms with van der Waals surface area (Å²) in [5.74, 6) is 0.254. The Balaban J connectivity index is 3.53. The van der Waals surface area contributed by atoms with Gasteiger partial charge in [0, 0.05) is 10.0 Å². The molecule has 0 atom stereocenters. The second-order valence-electron chi connectivity index (χ2n) is 3.35. The summed E-state index contributed by atoms with van der Waals surface area (Å²) < 4.78 is 0.984. The first-order valence-electron chi connectivity index (χ1n) is 4.34. The van der Waals surface area contributed by atoms with E-state index < -0.39 is 0 Å². The van der Waals surface area contributed by atoms with Crippen LogP contribution in [0, 0.1) is 32.1 Å². The zero-order valence-corrected chi connectivity index (χ0v) is 10.1. The molecular formula is C11H12BrNO. The topological polar surface area (TPSA) is 44.0 Å². The van der Waals surface area contributed by atoms with Crippen LogP contribution in [0.3, 0.4) is 0 Å². The lowest BCUT2D eigenvalue weighted by Crippen LogP contribution is -1.96. The summed E-state index contributed by atoms with van der Waals surface area (Å²) in [6, 6.07) is 2.06. The molecule has 1 rings (SSSR count). The summed E-state index contributed by atoms with van der Waals surface area (Å²) in [7, 11) is 0.